The quantitative estimate of drug-likeness (QED) is 0.789. The molecular formula is C13H21N5O3. The lowest BCUT2D eigenvalue weighted by molar-refractivity contribution is -0.137. The van der Waals surface area contributed by atoms with E-state index in [9.17, 15) is 9.59 Å². The lowest BCUT2D eigenvalue weighted by atomic mass is 10.2. The fourth-order valence-corrected chi connectivity index (χ4v) is 2.74. The lowest BCUT2D eigenvalue weighted by Gasteiger charge is -2.25. The number of carbonyl (C=O) groups is 2. The number of carboxylic acid groups (broad SMARTS) is 1. The van der Waals surface area contributed by atoms with Gasteiger partial charge in [-0.3, -0.25) is 14.5 Å². The van der Waals surface area contributed by atoms with Gasteiger partial charge in [-0.05, 0) is 19.5 Å². The number of nitrogens with zero attached hydrogens (tertiary/aromatic N) is 5. The molecule has 1 atom stereocenters. The molecule has 1 amide bonds. The van der Waals surface area contributed by atoms with Crippen molar-refractivity contribution in [2.45, 2.75) is 32.9 Å². The number of hydrogen-bond acceptors (Lipinski definition) is 5. The second-order valence-electron chi connectivity index (χ2n) is 5.11. The largest absolute Gasteiger partial charge is 0.480 e. The van der Waals surface area contributed by atoms with E-state index in [1.54, 1.807) is 4.90 Å². The second-order valence-corrected chi connectivity index (χ2v) is 5.11. The molecule has 1 aromatic rings. The van der Waals surface area contributed by atoms with Gasteiger partial charge in [-0.2, -0.15) is 0 Å². The summed E-state index contributed by atoms with van der Waals surface area (Å²) in [4.78, 5) is 27.0. The zero-order valence-electron chi connectivity index (χ0n) is 12.4. The van der Waals surface area contributed by atoms with Crippen molar-refractivity contribution in [3.8, 4) is 0 Å². The number of likely N-dealkylation sites (tertiary alicyclic amines) is 1. The molecule has 0 saturated carbocycles. The van der Waals surface area contributed by atoms with Crippen LogP contribution in [-0.4, -0.2) is 74.0 Å². The van der Waals surface area contributed by atoms with Crippen LogP contribution in [0.15, 0.2) is 6.20 Å². The molecule has 2 heterocycles. The van der Waals surface area contributed by atoms with Crippen molar-refractivity contribution in [3.05, 3.63) is 11.9 Å². The van der Waals surface area contributed by atoms with E-state index >= 15 is 0 Å². The van der Waals surface area contributed by atoms with Gasteiger partial charge >= 0.3 is 5.97 Å². The van der Waals surface area contributed by atoms with Crippen LogP contribution >= 0.6 is 0 Å². The molecular weight excluding hydrogens is 274 g/mol. The van der Waals surface area contributed by atoms with Gasteiger partial charge in [-0.1, -0.05) is 19.1 Å². The number of carbonyl (C=O) groups excluding carboxylic acids is 1. The van der Waals surface area contributed by atoms with Gasteiger partial charge in [0.15, 0.2) is 5.69 Å². The summed E-state index contributed by atoms with van der Waals surface area (Å²) >= 11 is 0. The van der Waals surface area contributed by atoms with Crippen LogP contribution in [0.1, 0.15) is 30.8 Å². The van der Waals surface area contributed by atoms with Crippen LogP contribution in [0.25, 0.3) is 0 Å². The number of rotatable bonds is 6. The summed E-state index contributed by atoms with van der Waals surface area (Å²) in [5.41, 5.74) is 0.205. The topological polar surface area (TPSA) is 91.6 Å². The van der Waals surface area contributed by atoms with Gasteiger partial charge < -0.3 is 10.0 Å². The summed E-state index contributed by atoms with van der Waals surface area (Å²) in [6, 6.07) is 0.387. The average molecular weight is 295 g/mol. The second kappa shape index (κ2) is 6.66. The monoisotopic (exact) mass is 295 g/mol. The highest BCUT2D eigenvalue weighted by Gasteiger charge is 2.30. The zero-order valence-corrected chi connectivity index (χ0v) is 12.4. The molecule has 1 unspecified atom stereocenters. The maximum absolute atomic E-state index is 12.3. The zero-order chi connectivity index (χ0) is 15.4. The molecule has 8 nitrogen and oxygen atoms in total. The van der Waals surface area contributed by atoms with Crippen molar-refractivity contribution in [1.29, 1.82) is 0 Å². The van der Waals surface area contributed by atoms with Crippen molar-refractivity contribution >= 4 is 11.9 Å². The summed E-state index contributed by atoms with van der Waals surface area (Å²) in [7, 11) is 0. The van der Waals surface area contributed by atoms with Gasteiger partial charge in [0.1, 0.15) is 6.54 Å². The van der Waals surface area contributed by atoms with E-state index in [1.807, 2.05) is 0 Å². The third-order valence-electron chi connectivity index (χ3n) is 3.83. The third kappa shape index (κ3) is 3.57. The van der Waals surface area contributed by atoms with Crippen LogP contribution in [0.4, 0.5) is 0 Å². The first kappa shape index (κ1) is 15.4. The molecule has 2 rings (SSSR count). The van der Waals surface area contributed by atoms with Crippen LogP contribution in [0.3, 0.4) is 0 Å². The SMILES string of the molecule is CCN(CC)C1CCN(C(=O)c2cn(CC(=O)O)nn2)C1. The summed E-state index contributed by atoms with van der Waals surface area (Å²) in [5, 5.41) is 16.1. The first-order valence-electron chi connectivity index (χ1n) is 7.20. The fraction of sp³-hybridized carbons (Fsp3) is 0.692. The van der Waals surface area contributed by atoms with Crippen molar-refractivity contribution in [1.82, 2.24) is 24.8 Å². The number of aromatic nitrogens is 3. The minimum Gasteiger partial charge on any atom is -0.480 e. The number of amides is 1. The smallest absolute Gasteiger partial charge is 0.325 e. The molecule has 0 aliphatic carbocycles. The molecule has 1 aliphatic rings. The molecule has 1 N–H and O–H groups in total. The van der Waals surface area contributed by atoms with Gasteiger partial charge in [0.25, 0.3) is 5.91 Å². The molecule has 1 aromatic heterocycles. The Morgan fingerprint density at radius 1 is 1.43 bits per heavy atom. The van der Waals surface area contributed by atoms with E-state index in [2.05, 4.69) is 29.1 Å². The predicted molar refractivity (Wildman–Crippen MR) is 74.9 cm³/mol. The Morgan fingerprint density at radius 2 is 2.14 bits per heavy atom. The Balaban J connectivity index is 1.98. The highest BCUT2D eigenvalue weighted by molar-refractivity contribution is 5.92. The van der Waals surface area contributed by atoms with Gasteiger partial charge in [0.2, 0.25) is 0 Å². The van der Waals surface area contributed by atoms with Crippen LogP contribution in [0.5, 0.6) is 0 Å². The van der Waals surface area contributed by atoms with Gasteiger partial charge in [-0.15, -0.1) is 5.10 Å². The maximum Gasteiger partial charge on any atom is 0.325 e. The minimum atomic E-state index is -1.01. The Morgan fingerprint density at radius 3 is 2.76 bits per heavy atom. The Labute approximate surface area is 123 Å². The highest BCUT2D eigenvalue weighted by Crippen LogP contribution is 2.17. The van der Waals surface area contributed by atoms with Crippen molar-refractivity contribution in [2.75, 3.05) is 26.2 Å². The van der Waals surface area contributed by atoms with E-state index in [-0.39, 0.29) is 18.1 Å². The van der Waals surface area contributed by atoms with E-state index in [0.717, 1.165) is 24.2 Å². The summed E-state index contributed by atoms with van der Waals surface area (Å²) in [5.74, 6) is -1.19. The predicted octanol–water partition coefficient (Wildman–Crippen LogP) is -0.0810. The summed E-state index contributed by atoms with van der Waals surface area (Å²) < 4.78 is 1.16. The lowest BCUT2D eigenvalue weighted by Crippen LogP contribution is -2.38. The van der Waals surface area contributed by atoms with E-state index in [1.165, 1.54) is 6.20 Å². The van der Waals surface area contributed by atoms with E-state index in [0.29, 0.717) is 19.1 Å². The first-order valence-corrected chi connectivity index (χ1v) is 7.20. The van der Waals surface area contributed by atoms with Crippen LogP contribution in [0, 0.1) is 0 Å². The molecule has 116 valence electrons. The highest BCUT2D eigenvalue weighted by atomic mass is 16.4. The Hall–Kier alpha value is -1.96. The van der Waals surface area contributed by atoms with Crippen molar-refractivity contribution in [3.63, 3.8) is 0 Å². The van der Waals surface area contributed by atoms with Crippen LogP contribution in [0.2, 0.25) is 0 Å². The normalized spacial score (nSPS) is 18.4. The van der Waals surface area contributed by atoms with Crippen LogP contribution < -0.4 is 0 Å². The molecule has 0 spiro atoms. The van der Waals surface area contributed by atoms with Crippen molar-refractivity contribution < 1.29 is 14.7 Å². The average Bonchev–Trinajstić information content (AvgIpc) is 3.08. The van der Waals surface area contributed by atoms with Crippen LogP contribution in [-0.2, 0) is 11.3 Å². The maximum atomic E-state index is 12.3. The number of likely N-dealkylation sites (N-methyl/N-ethyl adjacent to an activating group) is 1. The number of aliphatic carboxylic acids is 1. The van der Waals surface area contributed by atoms with Crippen molar-refractivity contribution in [2.24, 2.45) is 0 Å². The Kier molecular flexibility index (Phi) is 4.89. The summed E-state index contributed by atoms with van der Waals surface area (Å²) in [6.07, 6.45) is 2.35. The van der Waals surface area contributed by atoms with Gasteiger partial charge in [0, 0.05) is 19.1 Å². The van der Waals surface area contributed by atoms with E-state index < -0.39 is 5.97 Å². The first-order chi connectivity index (χ1) is 10.0. The molecule has 0 bridgehead atoms. The number of carboxylic acids is 1. The molecule has 1 saturated heterocycles. The third-order valence-corrected chi connectivity index (χ3v) is 3.83. The van der Waals surface area contributed by atoms with Gasteiger partial charge in [0.05, 0.1) is 6.20 Å². The van der Waals surface area contributed by atoms with Gasteiger partial charge in [-0.25, -0.2) is 4.68 Å². The van der Waals surface area contributed by atoms with E-state index in [4.69, 9.17) is 5.11 Å². The molecule has 0 aromatic carbocycles. The molecule has 1 fully saturated rings. The fourth-order valence-electron chi connectivity index (χ4n) is 2.74. The molecule has 0 radical (unpaired) electrons. The summed E-state index contributed by atoms with van der Waals surface area (Å²) in [6.45, 7) is 7.27. The minimum absolute atomic E-state index is 0.179. The Bertz CT molecular complexity index is 512. The molecule has 21 heavy (non-hydrogen) atoms. The molecule has 8 heteroatoms. The standard InChI is InChI=1S/C13H21N5O3/c1-3-16(4-2)10-5-6-17(7-10)13(21)11-8-18(15-14-11)9-12(19)20/h8,10H,3-7,9H2,1-2H3,(H,19,20). The molecule has 1 aliphatic heterocycles. The number of hydrogen-bond donors (Lipinski definition) is 1.